The number of hydrogen-bond donors (Lipinski definition) is 1. The van der Waals surface area contributed by atoms with E-state index in [-0.39, 0.29) is 16.9 Å². The van der Waals surface area contributed by atoms with Crippen molar-refractivity contribution >= 4 is 5.91 Å². The van der Waals surface area contributed by atoms with Gasteiger partial charge in [-0.1, -0.05) is 0 Å². The maximum Gasteiger partial charge on any atom is 0.254 e. The normalized spacial score (nSPS) is 18.1. The average molecular weight is 367 g/mol. The number of carbonyl (C=O) groups excluding carboxylic acids is 1. The van der Waals surface area contributed by atoms with Crippen molar-refractivity contribution in [2.24, 2.45) is 0 Å². The highest BCUT2D eigenvalue weighted by molar-refractivity contribution is 5.78. The first-order chi connectivity index (χ1) is 13.0. The van der Waals surface area contributed by atoms with Crippen LogP contribution in [0.3, 0.4) is 0 Å². The number of nitrogens with one attached hydrogen (secondary N) is 1. The van der Waals surface area contributed by atoms with Gasteiger partial charge in [0.25, 0.3) is 5.56 Å². The number of carbonyl (C=O) groups is 1. The molecule has 1 spiro atoms. The van der Waals surface area contributed by atoms with Crippen molar-refractivity contribution in [2.75, 3.05) is 33.7 Å². The van der Waals surface area contributed by atoms with Crippen molar-refractivity contribution in [2.45, 2.75) is 31.1 Å². The Balaban J connectivity index is 1.61. The summed E-state index contributed by atoms with van der Waals surface area (Å²) in [5.41, 5.74) is 2.44. The van der Waals surface area contributed by atoms with E-state index in [1.165, 1.54) is 0 Å². The molecule has 0 unspecified atom stereocenters. The summed E-state index contributed by atoms with van der Waals surface area (Å²) in [5.74, 6) is 0.752. The maximum atomic E-state index is 12.6. The molecule has 7 heteroatoms. The van der Waals surface area contributed by atoms with Crippen LogP contribution in [0.2, 0.25) is 0 Å². The van der Waals surface area contributed by atoms with Gasteiger partial charge in [-0.15, -0.1) is 0 Å². The molecule has 0 radical (unpaired) electrons. The van der Waals surface area contributed by atoms with Crippen LogP contribution in [0.15, 0.2) is 29.3 Å². The zero-order valence-electron chi connectivity index (χ0n) is 15.9. The molecule has 0 saturated carbocycles. The monoisotopic (exact) mass is 367 g/mol. The molecule has 0 aromatic carbocycles. The molecule has 3 heterocycles. The van der Waals surface area contributed by atoms with E-state index in [2.05, 4.69) is 9.97 Å². The highest BCUT2D eigenvalue weighted by Crippen LogP contribution is 2.44. The Hall–Kier alpha value is -2.54. The molecule has 1 fully saturated rings. The maximum absolute atomic E-state index is 12.6. The van der Waals surface area contributed by atoms with Crippen LogP contribution in [0.1, 0.15) is 30.5 Å². The van der Waals surface area contributed by atoms with E-state index in [4.69, 9.17) is 4.98 Å². The number of aromatic nitrogens is 3. The average Bonchev–Trinajstić information content (AvgIpc) is 3.01. The second-order valence-electron chi connectivity index (χ2n) is 7.88. The molecule has 4 rings (SSSR count). The van der Waals surface area contributed by atoms with E-state index in [0.29, 0.717) is 12.4 Å². The number of H-pyrrole nitrogens is 1. The lowest BCUT2D eigenvalue weighted by Crippen LogP contribution is -2.47. The van der Waals surface area contributed by atoms with Crippen LogP contribution in [0.4, 0.5) is 0 Å². The molecule has 0 atom stereocenters. The van der Waals surface area contributed by atoms with E-state index in [1.54, 1.807) is 12.4 Å². The zero-order chi connectivity index (χ0) is 19.0. The molecule has 1 aliphatic heterocycles. The van der Waals surface area contributed by atoms with Crippen LogP contribution in [0.25, 0.3) is 11.4 Å². The fraction of sp³-hybridized carbons (Fsp3) is 0.500. The van der Waals surface area contributed by atoms with Crippen LogP contribution in [0, 0.1) is 0 Å². The third-order valence-corrected chi connectivity index (χ3v) is 5.83. The predicted molar refractivity (Wildman–Crippen MR) is 102 cm³/mol. The molecule has 1 saturated heterocycles. The van der Waals surface area contributed by atoms with Crippen LogP contribution in [-0.2, 0) is 16.6 Å². The lowest BCUT2D eigenvalue weighted by Gasteiger charge is -2.39. The second-order valence-corrected chi connectivity index (χ2v) is 7.88. The number of aromatic amines is 1. The SMILES string of the molecule is CN(C)CC(=O)N1CCC2(CCc3c2nc(-c2cccnc2)[nH]c3=O)CC1. The third-order valence-electron chi connectivity index (χ3n) is 5.83. The van der Waals surface area contributed by atoms with Gasteiger partial charge in [0.05, 0.1) is 12.2 Å². The molecule has 1 amide bonds. The summed E-state index contributed by atoms with van der Waals surface area (Å²) >= 11 is 0. The molecule has 2 aromatic heterocycles. The third kappa shape index (κ3) is 3.27. The van der Waals surface area contributed by atoms with Gasteiger partial charge >= 0.3 is 0 Å². The van der Waals surface area contributed by atoms with E-state index in [1.807, 2.05) is 36.0 Å². The molecule has 2 aliphatic rings. The van der Waals surface area contributed by atoms with Gasteiger partial charge in [0.2, 0.25) is 5.91 Å². The highest BCUT2D eigenvalue weighted by atomic mass is 16.2. The Kier molecular flexibility index (Phi) is 4.55. The molecule has 7 nitrogen and oxygen atoms in total. The smallest absolute Gasteiger partial charge is 0.254 e. The van der Waals surface area contributed by atoms with Crippen molar-refractivity contribution in [3.63, 3.8) is 0 Å². The quantitative estimate of drug-likeness (QED) is 0.882. The van der Waals surface area contributed by atoms with Crippen molar-refractivity contribution in [1.82, 2.24) is 24.8 Å². The highest BCUT2D eigenvalue weighted by Gasteiger charge is 2.44. The van der Waals surface area contributed by atoms with Gasteiger partial charge in [0.1, 0.15) is 5.82 Å². The number of fused-ring (bicyclic) bond motifs is 2. The van der Waals surface area contributed by atoms with E-state index in [0.717, 1.165) is 55.6 Å². The lowest BCUT2D eigenvalue weighted by molar-refractivity contribution is -0.133. The minimum Gasteiger partial charge on any atom is -0.342 e. The van der Waals surface area contributed by atoms with Gasteiger partial charge in [-0.25, -0.2) is 4.98 Å². The van der Waals surface area contributed by atoms with Crippen molar-refractivity contribution < 1.29 is 4.79 Å². The van der Waals surface area contributed by atoms with Gasteiger partial charge in [-0.3, -0.25) is 14.6 Å². The zero-order valence-corrected chi connectivity index (χ0v) is 15.9. The number of likely N-dealkylation sites (tertiary alicyclic amines) is 1. The van der Waals surface area contributed by atoms with Crippen molar-refractivity contribution in [3.05, 3.63) is 46.1 Å². The molecular weight excluding hydrogens is 342 g/mol. The van der Waals surface area contributed by atoms with Gasteiger partial charge in [0.15, 0.2) is 0 Å². The summed E-state index contributed by atoms with van der Waals surface area (Å²) in [6, 6.07) is 3.75. The number of rotatable bonds is 3. The standard InChI is InChI=1S/C20H25N5O2/c1-24(2)13-16(26)25-10-7-20(8-11-25)6-5-15-17(20)22-18(23-19(15)27)14-4-3-9-21-12-14/h3-4,9,12H,5-8,10-11,13H2,1-2H3,(H,22,23,27). The largest absolute Gasteiger partial charge is 0.342 e. The number of amides is 1. The van der Waals surface area contributed by atoms with Crippen molar-refractivity contribution in [3.8, 4) is 11.4 Å². The summed E-state index contributed by atoms with van der Waals surface area (Å²) in [6.07, 6.45) is 6.84. The number of piperidine rings is 1. The minimum absolute atomic E-state index is 0.0400. The second kappa shape index (κ2) is 6.88. The van der Waals surface area contributed by atoms with E-state index < -0.39 is 0 Å². The Morgan fingerprint density at radius 1 is 1.30 bits per heavy atom. The summed E-state index contributed by atoms with van der Waals surface area (Å²) in [6.45, 7) is 1.89. The van der Waals surface area contributed by atoms with E-state index >= 15 is 0 Å². The minimum atomic E-state index is -0.0878. The first kappa shape index (κ1) is 17.9. The fourth-order valence-corrected chi connectivity index (χ4v) is 4.33. The Morgan fingerprint density at radius 2 is 2.07 bits per heavy atom. The number of hydrogen-bond acceptors (Lipinski definition) is 5. The molecule has 142 valence electrons. The Bertz CT molecular complexity index is 898. The molecule has 27 heavy (non-hydrogen) atoms. The Labute approximate surface area is 158 Å². The number of nitrogens with zero attached hydrogens (tertiary/aromatic N) is 4. The summed E-state index contributed by atoms with van der Waals surface area (Å²) in [4.78, 5) is 40.8. The first-order valence-electron chi connectivity index (χ1n) is 9.45. The van der Waals surface area contributed by atoms with Crippen LogP contribution < -0.4 is 5.56 Å². The lowest BCUT2D eigenvalue weighted by atomic mass is 9.76. The summed E-state index contributed by atoms with van der Waals surface area (Å²) in [7, 11) is 3.82. The molecule has 0 bridgehead atoms. The van der Waals surface area contributed by atoms with E-state index in [9.17, 15) is 9.59 Å². The van der Waals surface area contributed by atoms with Gasteiger partial charge in [-0.2, -0.15) is 0 Å². The summed E-state index contributed by atoms with van der Waals surface area (Å²) < 4.78 is 0. The molecule has 1 aliphatic carbocycles. The van der Waals surface area contributed by atoms with Crippen LogP contribution in [-0.4, -0.2) is 64.4 Å². The molecule has 2 aromatic rings. The van der Waals surface area contributed by atoms with Crippen LogP contribution >= 0.6 is 0 Å². The molecule has 1 N–H and O–H groups in total. The number of likely N-dealkylation sites (N-methyl/N-ethyl adjacent to an activating group) is 1. The van der Waals surface area contributed by atoms with Gasteiger partial charge in [0, 0.05) is 42.0 Å². The fourth-order valence-electron chi connectivity index (χ4n) is 4.33. The Morgan fingerprint density at radius 3 is 2.74 bits per heavy atom. The summed E-state index contributed by atoms with van der Waals surface area (Å²) in [5, 5.41) is 0. The predicted octanol–water partition coefficient (Wildman–Crippen LogP) is 1.20. The van der Waals surface area contributed by atoms with Crippen LogP contribution in [0.5, 0.6) is 0 Å². The first-order valence-corrected chi connectivity index (χ1v) is 9.45. The number of pyridine rings is 1. The topological polar surface area (TPSA) is 82.2 Å². The molecular formula is C20H25N5O2. The van der Waals surface area contributed by atoms with Gasteiger partial charge < -0.3 is 14.8 Å². The van der Waals surface area contributed by atoms with Gasteiger partial charge in [-0.05, 0) is 51.9 Å². The van der Waals surface area contributed by atoms with Crippen molar-refractivity contribution in [1.29, 1.82) is 0 Å².